The maximum absolute atomic E-state index is 13.2. The zero-order valence-corrected chi connectivity index (χ0v) is 18.4. The summed E-state index contributed by atoms with van der Waals surface area (Å²) in [5.41, 5.74) is -1.51. The number of hydrogen-bond donors (Lipinski definition) is 0. The fourth-order valence-electron chi connectivity index (χ4n) is 2.94. The molecule has 0 unspecified atom stereocenters. The second kappa shape index (κ2) is 8.85. The van der Waals surface area contributed by atoms with Crippen LogP contribution < -0.4 is 0 Å². The molecule has 0 N–H and O–H groups in total. The molecule has 1 saturated heterocycles. The maximum Gasteiger partial charge on any atom is 0.242 e. The monoisotopic (exact) mass is 455 g/mol. The predicted octanol–water partition coefficient (Wildman–Crippen LogP) is 3.47. The topological polar surface area (TPSA) is 43.9 Å². The molecule has 2 aliphatic heterocycles. The van der Waals surface area contributed by atoms with E-state index >= 15 is 0 Å². The number of piperazine rings is 1. The fourth-order valence-corrected chi connectivity index (χ4v) is 4.63. The number of hydrogen-bond acceptors (Lipinski definition) is 5. The smallest absolute Gasteiger partial charge is 0.242 e. The van der Waals surface area contributed by atoms with E-state index in [2.05, 4.69) is 0 Å². The van der Waals surface area contributed by atoms with Crippen LogP contribution in [0, 0.1) is 0 Å². The van der Waals surface area contributed by atoms with Gasteiger partial charge in [0.15, 0.2) is 0 Å². The van der Waals surface area contributed by atoms with Gasteiger partial charge in [-0.2, -0.15) is 0 Å². The molecule has 7 heteroatoms. The van der Waals surface area contributed by atoms with Crippen LogP contribution in [0.15, 0.2) is 63.0 Å². The summed E-state index contributed by atoms with van der Waals surface area (Å²) >= 11 is 0.600. The van der Waals surface area contributed by atoms with E-state index in [9.17, 15) is 8.42 Å². The quantitative estimate of drug-likeness (QED) is 0.589. The third-order valence-corrected chi connectivity index (χ3v) is 7.46. The lowest BCUT2D eigenvalue weighted by Gasteiger charge is -2.32. The Balaban J connectivity index is 2.18. The molecule has 2 aromatic carbocycles. The highest BCUT2D eigenvalue weighted by atomic mass is 32.2. The van der Waals surface area contributed by atoms with Gasteiger partial charge in [0.05, 0.1) is 15.9 Å². The van der Waals surface area contributed by atoms with Crippen LogP contribution in [0.25, 0.3) is 5.57 Å². The van der Waals surface area contributed by atoms with Crippen molar-refractivity contribution in [2.45, 2.75) is 21.1 Å². The minimum absolute atomic E-state index is 0.127. The minimum Gasteiger partial charge on any atom is -0.304 e. The number of benzene rings is 2. The molecule has 2 aromatic rings. The summed E-state index contributed by atoms with van der Waals surface area (Å²) in [4.78, 5) is 1.79. The first-order valence-electron chi connectivity index (χ1n) is 15.2. The summed E-state index contributed by atoms with van der Waals surface area (Å²) in [6.07, 6.45) is -3.15. The lowest BCUT2D eigenvalue weighted by Crippen LogP contribution is -2.44. The molecule has 5 nitrogen and oxygen atoms in total. The van der Waals surface area contributed by atoms with E-state index in [-0.39, 0.29) is 22.9 Å². The van der Waals surface area contributed by atoms with E-state index in [1.54, 1.807) is 0 Å². The van der Waals surface area contributed by atoms with Crippen LogP contribution in [0.4, 0.5) is 0 Å². The summed E-state index contributed by atoms with van der Waals surface area (Å²) < 4.78 is 131. The lowest BCUT2D eigenvalue weighted by molar-refractivity contribution is 0.156. The Morgan fingerprint density at radius 3 is 2.57 bits per heavy atom. The zero-order valence-electron chi connectivity index (χ0n) is 28.8. The van der Waals surface area contributed by atoms with E-state index in [1.807, 2.05) is 11.9 Å². The van der Waals surface area contributed by atoms with Crippen molar-refractivity contribution < 1.29 is 24.9 Å². The van der Waals surface area contributed by atoms with Crippen LogP contribution in [-0.2, 0) is 10.0 Å². The highest BCUT2D eigenvalue weighted by molar-refractivity contribution is 7.99. The van der Waals surface area contributed by atoms with Gasteiger partial charge in [-0.1, -0.05) is 35.9 Å². The van der Waals surface area contributed by atoms with E-state index in [1.165, 1.54) is 4.90 Å². The number of nitrogens with zero attached hydrogens (tertiary/aromatic N) is 3. The van der Waals surface area contributed by atoms with Gasteiger partial charge in [0.1, 0.15) is 0 Å². The third-order valence-electron chi connectivity index (χ3n) is 4.76. The average Bonchev–Trinajstić information content (AvgIpc) is 2.92. The molecule has 0 spiro atoms. The molecule has 0 aromatic heterocycles. The van der Waals surface area contributed by atoms with E-state index in [4.69, 9.17) is 16.4 Å². The van der Waals surface area contributed by atoms with Crippen molar-refractivity contribution in [3.8, 4) is 0 Å². The van der Waals surface area contributed by atoms with Crippen molar-refractivity contribution in [3.05, 3.63) is 59.5 Å². The molecule has 2 aliphatic rings. The molecule has 2 heterocycles. The second-order valence-corrected chi connectivity index (χ2v) is 10.1. The van der Waals surface area contributed by atoms with Crippen LogP contribution in [0.1, 0.15) is 33.9 Å². The van der Waals surface area contributed by atoms with E-state index < -0.39 is 92.8 Å². The minimum atomic E-state index is -4.53. The van der Waals surface area contributed by atoms with Crippen molar-refractivity contribution >= 4 is 27.4 Å². The Hall–Kier alpha value is -1.64. The van der Waals surface area contributed by atoms with Crippen LogP contribution in [0.5, 0.6) is 0 Å². The van der Waals surface area contributed by atoms with Gasteiger partial charge in [-0.25, -0.2) is 12.7 Å². The highest BCUT2D eigenvalue weighted by Gasteiger charge is 2.25. The van der Waals surface area contributed by atoms with Crippen molar-refractivity contribution in [2.75, 3.05) is 53.8 Å². The van der Waals surface area contributed by atoms with Crippen LogP contribution in [-0.4, -0.2) is 76.3 Å². The lowest BCUT2D eigenvalue weighted by atomic mass is 9.96. The van der Waals surface area contributed by atoms with Gasteiger partial charge in [-0.15, -0.1) is 0 Å². The second-order valence-electron chi connectivity index (χ2n) is 7.03. The fraction of sp³-hybridized carbons (Fsp3) is 0.391. The summed E-state index contributed by atoms with van der Waals surface area (Å²) in [6, 6.07) is -6.13. The molecular weight excluding hydrogens is 414 g/mol. The first-order valence-corrected chi connectivity index (χ1v) is 11.5. The molecule has 0 amide bonds. The maximum atomic E-state index is 13.2. The highest BCUT2D eigenvalue weighted by Crippen LogP contribution is 2.46. The van der Waals surface area contributed by atoms with Crippen molar-refractivity contribution in [1.82, 2.24) is 14.1 Å². The molecule has 0 aliphatic carbocycles. The van der Waals surface area contributed by atoms with Crippen molar-refractivity contribution in [2.24, 2.45) is 0 Å². The molecule has 0 saturated carbocycles. The Kier molecular flexibility index (Phi) is 3.33. The van der Waals surface area contributed by atoms with Crippen LogP contribution >= 0.6 is 11.8 Å². The Bertz CT molecular complexity index is 1620. The van der Waals surface area contributed by atoms with Gasteiger partial charge in [0.25, 0.3) is 0 Å². The van der Waals surface area contributed by atoms with Crippen molar-refractivity contribution in [3.63, 3.8) is 0 Å². The number of rotatable bonds is 5. The largest absolute Gasteiger partial charge is 0.304 e. The zero-order chi connectivity index (χ0) is 31.9. The molecule has 1 fully saturated rings. The first kappa shape index (κ1) is 11.3. The predicted molar refractivity (Wildman–Crippen MR) is 124 cm³/mol. The van der Waals surface area contributed by atoms with Crippen LogP contribution in [0.3, 0.4) is 0 Å². The molecule has 30 heavy (non-hydrogen) atoms. The van der Waals surface area contributed by atoms with Gasteiger partial charge in [0, 0.05) is 62.0 Å². The number of likely N-dealkylation sites (N-methyl/N-ethyl adjacent to an activating group) is 1. The molecular formula is C23H29N3O2S2. The summed E-state index contributed by atoms with van der Waals surface area (Å²) in [5.74, 6) is 0. The van der Waals surface area contributed by atoms with E-state index in [0.29, 0.717) is 24.9 Å². The van der Waals surface area contributed by atoms with Gasteiger partial charge in [-0.3, -0.25) is 0 Å². The SMILES string of the molecule is [2H]/C(=C1\c2c([2H])c([2H])c([2H])c([2H])c2Sc2c([2H])c([2H])c(S(=O)(=O)N(C)C)c([2H])c21)C([2H])([2H])C([2H])([2H])N1CCN(C)CC1. The molecule has 0 atom stereocenters. The number of sulfonamides is 1. The summed E-state index contributed by atoms with van der Waals surface area (Å²) in [7, 11) is -0.378. The third kappa shape index (κ3) is 4.36. The van der Waals surface area contributed by atoms with E-state index in [0.717, 1.165) is 18.4 Å². The molecule has 0 radical (unpaired) electrons. The van der Waals surface area contributed by atoms with Gasteiger partial charge in [0.2, 0.25) is 10.0 Å². The summed E-state index contributed by atoms with van der Waals surface area (Å²) in [5, 5.41) is 0. The average molecular weight is 456 g/mol. The molecule has 4 rings (SSSR count). The normalized spacial score (nSPS) is 26.1. The van der Waals surface area contributed by atoms with Crippen LogP contribution in [0.2, 0.25) is 0 Å². The molecule has 0 bridgehead atoms. The Labute approximate surface area is 201 Å². The van der Waals surface area contributed by atoms with Crippen molar-refractivity contribution in [1.29, 1.82) is 0 Å². The standard InChI is InChI=1S/C23H29N3O2S2/c1-24(2)30(27,28)18-10-11-23-21(17-18)19(20-7-4-5-9-22(20)29-23)8-6-12-26-15-13-25(3)14-16-26/h4-5,7-11,17H,6,12-16H2,1-3H3/b19-8-/i4D,5D,6D2,7D,8D,9D,10D,11D,12D2,17D. The first-order chi connectivity index (χ1) is 19.2. The molecule has 160 valence electrons. The van der Waals surface area contributed by atoms with Gasteiger partial charge >= 0.3 is 0 Å². The summed E-state index contributed by atoms with van der Waals surface area (Å²) in [6.45, 7) is -1.71. The van der Waals surface area contributed by atoms with Gasteiger partial charge < -0.3 is 9.80 Å². The number of fused-ring (bicyclic) bond motifs is 2. The van der Waals surface area contributed by atoms with Gasteiger partial charge in [-0.05, 0) is 54.3 Å². The Morgan fingerprint density at radius 1 is 1.13 bits per heavy atom. The Morgan fingerprint density at radius 2 is 1.83 bits per heavy atom.